The maximum atomic E-state index is 11.7. The number of esters is 1. The molecule has 0 bridgehead atoms. The number of hydrogen-bond acceptors (Lipinski definition) is 3. The fraction of sp³-hybridized carbons (Fsp3) is 0.429. The zero-order valence-corrected chi connectivity index (χ0v) is 11.6. The van der Waals surface area contributed by atoms with E-state index in [1.165, 1.54) is 0 Å². The first-order chi connectivity index (χ1) is 8.26. The lowest BCUT2D eigenvalue weighted by Crippen LogP contribution is -2.25. The summed E-state index contributed by atoms with van der Waals surface area (Å²) in [5.74, 6) is -0.645. The minimum absolute atomic E-state index is 0.161. The van der Waals surface area contributed by atoms with Crippen LogP contribution in [0.1, 0.15) is 32.8 Å². The Hall–Kier alpha value is -1.35. The molecule has 1 aromatic carbocycles. The van der Waals surface area contributed by atoms with Crippen molar-refractivity contribution in [3.63, 3.8) is 0 Å². The van der Waals surface area contributed by atoms with Gasteiger partial charge in [-0.1, -0.05) is 23.7 Å². The van der Waals surface area contributed by atoms with Crippen LogP contribution in [0, 0.1) is 0 Å². The number of ether oxygens (including phenoxy) is 1. The van der Waals surface area contributed by atoms with E-state index >= 15 is 0 Å². The third-order valence-electron chi connectivity index (χ3n) is 2.08. The summed E-state index contributed by atoms with van der Waals surface area (Å²) in [5.41, 5.74) is 0.283. The molecule has 3 nitrogen and oxygen atoms in total. The van der Waals surface area contributed by atoms with E-state index in [0.29, 0.717) is 5.02 Å². The van der Waals surface area contributed by atoms with E-state index in [1.807, 2.05) is 0 Å². The van der Waals surface area contributed by atoms with Crippen molar-refractivity contribution in [3.05, 3.63) is 34.9 Å². The number of carbonyl (C=O) groups excluding carboxylic acids is 2. The number of ketones is 1. The van der Waals surface area contributed by atoms with Crippen molar-refractivity contribution in [1.29, 1.82) is 0 Å². The van der Waals surface area contributed by atoms with Gasteiger partial charge in [-0.2, -0.15) is 0 Å². The van der Waals surface area contributed by atoms with Gasteiger partial charge in [-0.15, -0.1) is 0 Å². The summed E-state index contributed by atoms with van der Waals surface area (Å²) in [6.45, 7) is 5.32. The predicted molar refractivity (Wildman–Crippen MR) is 70.6 cm³/mol. The van der Waals surface area contributed by atoms with Crippen molar-refractivity contribution < 1.29 is 14.3 Å². The Labute approximate surface area is 112 Å². The van der Waals surface area contributed by atoms with E-state index in [1.54, 1.807) is 45.0 Å². The van der Waals surface area contributed by atoms with Gasteiger partial charge >= 0.3 is 5.97 Å². The lowest BCUT2D eigenvalue weighted by atomic mass is 10.1. The molecule has 98 valence electrons. The fourth-order valence-electron chi connectivity index (χ4n) is 1.43. The number of carbonyl (C=O) groups is 2. The van der Waals surface area contributed by atoms with E-state index in [0.717, 1.165) is 5.56 Å². The predicted octanol–water partition coefficient (Wildman–Crippen LogP) is 3.18. The quantitative estimate of drug-likeness (QED) is 0.622. The SMILES string of the molecule is CC(C)(C)OC(=O)CC(=O)Cc1ccc(Cl)cc1. The maximum Gasteiger partial charge on any atom is 0.313 e. The molecular formula is C14H17ClO3. The molecule has 0 amide bonds. The Morgan fingerprint density at radius 3 is 2.22 bits per heavy atom. The molecule has 0 spiro atoms. The second kappa shape index (κ2) is 6.01. The third kappa shape index (κ3) is 5.82. The molecule has 1 rings (SSSR count). The van der Waals surface area contributed by atoms with Crippen LogP contribution in [0.15, 0.2) is 24.3 Å². The summed E-state index contributed by atoms with van der Waals surface area (Å²) in [6, 6.07) is 6.99. The van der Waals surface area contributed by atoms with Crippen LogP contribution < -0.4 is 0 Å². The van der Waals surface area contributed by atoms with E-state index in [9.17, 15) is 9.59 Å². The molecule has 0 N–H and O–H groups in total. The summed E-state index contributed by atoms with van der Waals surface area (Å²) in [4.78, 5) is 23.1. The summed E-state index contributed by atoms with van der Waals surface area (Å²) in [7, 11) is 0. The molecule has 0 aliphatic heterocycles. The summed E-state index contributed by atoms with van der Waals surface area (Å²) in [5, 5.41) is 0.623. The minimum Gasteiger partial charge on any atom is -0.460 e. The highest BCUT2D eigenvalue weighted by molar-refractivity contribution is 6.30. The molecule has 0 fully saturated rings. The molecule has 0 aliphatic rings. The van der Waals surface area contributed by atoms with Crippen LogP contribution in [0.2, 0.25) is 5.02 Å². The zero-order valence-electron chi connectivity index (χ0n) is 10.8. The van der Waals surface area contributed by atoms with Gasteiger partial charge in [-0.3, -0.25) is 9.59 Å². The van der Waals surface area contributed by atoms with Crippen LogP contribution in [0.5, 0.6) is 0 Å². The Bertz CT molecular complexity index is 429. The van der Waals surface area contributed by atoms with Gasteiger partial charge in [0.1, 0.15) is 17.8 Å². The van der Waals surface area contributed by atoms with E-state index < -0.39 is 11.6 Å². The second-order valence-corrected chi connectivity index (χ2v) is 5.54. The van der Waals surface area contributed by atoms with Crippen molar-refractivity contribution >= 4 is 23.4 Å². The molecule has 0 heterocycles. The van der Waals surface area contributed by atoms with Gasteiger partial charge in [0.2, 0.25) is 0 Å². The van der Waals surface area contributed by atoms with Gasteiger partial charge in [0, 0.05) is 11.4 Å². The van der Waals surface area contributed by atoms with E-state index in [4.69, 9.17) is 16.3 Å². The summed E-state index contributed by atoms with van der Waals surface area (Å²) >= 11 is 5.75. The number of halogens is 1. The van der Waals surface area contributed by atoms with Gasteiger partial charge < -0.3 is 4.74 Å². The zero-order chi connectivity index (χ0) is 13.8. The molecule has 0 unspecified atom stereocenters. The van der Waals surface area contributed by atoms with Gasteiger partial charge in [-0.25, -0.2) is 0 Å². The normalized spacial score (nSPS) is 11.1. The van der Waals surface area contributed by atoms with E-state index in [-0.39, 0.29) is 18.6 Å². The van der Waals surface area contributed by atoms with Gasteiger partial charge in [0.25, 0.3) is 0 Å². The second-order valence-electron chi connectivity index (χ2n) is 5.11. The molecule has 0 aromatic heterocycles. The third-order valence-corrected chi connectivity index (χ3v) is 2.33. The average Bonchev–Trinajstić information content (AvgIpc) is 2.18. The first-order valence-corrected chi connectivity index (χ1v) is 6.12. The lowest BCUT2D eigenvalue weighted by Gasteiger charge is -2.19. The first kappa shape index (κ1) is 14.7. The first-order valence-electron chi connectivity index (χ1n) is 5.74. The number of benzene rings is 1. The monoisotopic (exact) mass is 268 g/mol. The average molecular weight is 269 g/mol. The van der Waals surface area contributed by atoms with Crippen LogP contribution in [-0.4, -0.2) is 17.4 Å². The number of hydrogen-bond donors (Lipinski definition) is 0. The standard InChI is InChI=1S/C14H17ClO3/c1-14(2,3)18-13(17)9-12(16)8-10-4-6-11(15)7-5-10/h4-7H,8-9H2,1-3H3. The van der Waals surface area contributed by atoms with Crippen LogP contribution in [0.25, 0.3) is 0 Å². The van der Waals surface area contributed by atoms with Crippen LogP contribution in [0.4, 0.5) is 0 Å². The van der Waals surface area contributed by atoms with Crippen LogP contribution in [0.3, 0.4) is 0 Å². The molecule has 0 atom stereocenters. The molecule has 0 saturated heterocycles. The Morgan fingerprint density at radius 2 is 1.72 bits per heavy atom. The molecule has 0 aliphatic carbocycles. The largest absolute Gasteiger partial charge is 0.460 e. The Balaban J connectivity index is 2.47. The molecule has 1 aromatic rings. The van der Waals surface area contributed by atoms with Crippen LogP contribution in [-0.2, 0) is 20.7 Å². The topological polar surface area (TPSA) is 43.4 Å². The molecule has 0 saturated carbocycles. The highest BCUT2D eigenvalue weighted by Gasteiger charge is 2.18. The van der Waals surface area contributed by atoms with Crippen LogP contribution >= 0.6 is 11.6 Å². The number of rotatable bonds is 4. The highest BCUT2D eigenvalue weighted by Crippen LogP contribution is 2.12. The van der Waals surface area contributed by atoms with Crippen molar-refractivity contribution in [2.75, 3.05) is 0 Å². The van der Waals surface area contributed by atoms with E-state index in [2.05, 4.69) is 0 Å². The smallest absolute Gasteiger partial charge is 0.313 e. The van der Waals surface area contributed by atoms with Crippen molar-refractivity contribution in [2.24, 2.45) is 0 Å². The Kier molecular flexibility index (Phi) is 4.91. The molecule has 0 radical (unpaired) electrons. The maximum absolute atomic E-state index is 11.7. The number of Topliss-reactive ketones (excluding diaryl/α,β-unsaturated/α-hetero) is 1. The highest BCUT2D eigenvalue weighted by atomic mass is 35.5. The minimum atomic E-state index is -0.558. The van der Waals surface area contributed by atoms with Crippen molar-refractivity contribution in [2.45, 2.75) is 39.2 Å². The van der Waals surface area contributed by atoms with Gasteiger partial charge in [0.15, 0.2) is 0 Å². The van der Waals surface area contributed by atoms with Gasteiger partial charge in [0.05, 0.1) is 0 Å². The molecule has 18 heavy (non-hydrogen) atoms. The molecule has 4 heteroatoms. The van der Waals surface area contributed by atoms with Gasteiger partial charge in [-0.05, 0) is 38.5 Å². The summed E-state index contributed by atoms with van der Waals surface area (Å²) in [6.07, 6.45) is 0.0241. The van der Waals surface area contributed by atoms with Crippen molar-refractivity contribution in [3.8, 4) is 0 Å². The lowest BCUT2D eigenvalue weighted by molar-refractivity contribution is -0.156. The Morgan fingerprint density at radius 1 is 1.17 bits per heavy atom. The fourth-order valence-corrected chi connectivity index (χ4v) is 1.56. The van der Waals surface area contributed by atoms with Crippen molar-refractivity contribution in [1.82, 2.24) is 0 Å². The molecular weight excluding hydrogens is 252 g/mol. The summed E-state index contributed by atoms with van der Waals surface area (Å²) < 4.78 is 5.08.